The van der Waals surface area contributed by atoms with E-state index in [1.807, 2.05) is 0 Å². The van der Waals surface area contributed by atoms with E-state index in [-0.39, 0.29) is 22.8 Å². The number of carbonyl (C=O) groups is 1. The molecule has 1 N–H and O–H groups in total. The van der Waals surface area contributed by atoms with Crippen LogP contribution in [0.2, 0.25) is 5.02 Å². The lowest BCUT2D eigenvalue weighted by Crippen LogP contribution is -2.34. The Kier molecular flexibility index (Phi) is 8.18. The van der Waals surface area contributed by atoms with Gasteiger partial charge < -0.3 is 9.47 Å². The molecule has 1 aliphatic carbocycles. The Morgan fingerprint density at radius 1 is 1.35 bits per heavy atom. The Balaban J connectivity index is 1.26. The summed E-state index contributed by atoms with van der Waals surface area (Å²) in [6, 6.07) is 8.66. The van der Waals surface area contributed by atoms with Crippen LogP contribution in [0.4, 0.5) is 4.39 Å². The molecule has 0 unspecified atom stereocenters. The van der Waals surface area contributed by atoms with Gasteiger partial charge in [-0.1, -0.05) is 24.6 Å². The fourth-order valence-corrected chi connectivity index (χ4v) is 6.27. The first-order valence-electron chi connectivity index (χ1n) is 12.8. The molecule has 8 nitrogen and oxygen atoms in total. The Hall–Kier alpha value is -3.76. The number of methoxy groups -OCH3 is 1. The van der Waals surface area contributed by atoms with E-state index in [0.29, 0.717) is 28.4 Å². The van der Waals surface area contributed by atoms with Crippen LogP contribution in [-0.4, -0.2) is 28.8 Å². The number of carbonyl (C=O) groups excluding carboxylic acids is 1. The lowest BCUT2D eigenvalue weighted by molar-refractivity contribution is -0.123. The quantitative estimate of drug-likeness (QED) is 0.213. The fraction of sp³-hybridized carbons (Fsp3) is 0.310. The molecule has 0 bridgehead atoms. The van der Waals surface area contributed by atoms with Crippen molar-refractivity contribution in [1.29, 1.82) is 0 Å². The molecule has 0 saturated carbocycles. The van der Waals surface area contributed by atoms with Gasteiger partial charge in [0.1, 0.15) is 23.3 Å². The first kappa shape index (κ1) is 27.8. The molecule has 1 aliphatic rings. The van der Waals surface area contributed by atoms with Gasteiger partial charge in [-0.15, -0.1) is 11.3 Å². The van der Waals surface area contributed by atoms with Gasteiger partial charge in [0, 0.05) is 10.4 Å². The summed E-state index contributed by atoms with van der Waals surface area (Å²) in [5.41, 5.74) is 4.24. The molecule has 5 rings (SSSR count). The van der Waals surface area contributed by atoms with E-state index in [0.717, 1.165) is 29.7 Å². The highest BCUT2D eigenvalue weighted by molar-refractivity contribution is 7.18. The maximum atomic E-state index is 14.1. The molecule has 4 aromatic rings. The van der Waals surface area contributed by atoms with Gasteiger partial charge in [0.2, 0.25) is 0 Å². The number of aromatic nitrogens is 2. The fourth-order valence-electron chi connectivity index (χ4n) is 4.71. The number of hydrazone groups is 1. The van der Waals surface area contributed by atoms with Crippen molar-refractivity contribution in [1.82, 2.24) is 15.0 Å². The molecule has 2 heterocycles. The molecule has 11 heteroatoms. The van der Waals surface area contributed by atoms with Crippen LogP contribution in [-0.2, 0) is 24.2 Å². The third-order valence-electron chi connectivity index (χ3n) is 7.05. The van der Waals surface area contributed by atoms with Gasteiger partial charge in [-0.05, 0) is 73.6 Å². The average molecular weight is 583 g/mol. The number of rotatable bonds is 8. The average Bonchev–Trinajstić information content (AvgIpc) is 3.31. The predicted molar refractivity (Wildman–Crippen MR) is 154 cm³/mol. The monoisotopic (exact) mass is 582 g/mol. The van der Waals surface area contributed by atoms with Crippen LogP contribution in [0.5, 0.6) is 11.5 Å². The van der Waals surface area contributed by atoms with Gasteiger partial charge >= 0.3 is 0 Å². The largest absolute Gasteiger partial charge is 0.493 e. The summed E-state index contributed by atoms with van der Waals surface area (Å²) in [5.74, 6) is 0.472. The second-order valence-electron chi connectivity index (χ2n) is 9.80. The minimum atomic E-state index is -0.810. The molecule has 0 saturated heterocycles. The Labute approximate surface area is 239 Å². The SMILES string of the molecule is COc1cc(/C=N\NC(=O)[C@H](C)n2cnc3sc4c(c3c2=O)CC[C@H](C)C4)ccc1OCc1c(F)cccc1Cl. The van der Waals surface area contributed by atoms with Crippen LogP contribution in [0.1, 0.15) is 47.9 Å². The van der Waals surface area contributed by atoms with Crippen LogP contribution in [0.3, 0.4) is 0 Å². The van der Waals surface area contributed by atoms with E-state index in [9.17, 15) is 14.0 Å². The Morgan fingerprint density at radius 2 is 2.17 bits per heavy atom. The molecule has 40 heavy (non-hydrogen) atoms. The summed E-state index contributed by atoms with van der Waals surface area (Å²) in [7, 11) is 1.48. The number of fused-ring (bicyclic) bond motifs is 3. The van der Waals surface area contributed by atoms with Gasteiger partial charge in [-0.2, -0.15) is 5.10 Å². The van der Waals surface area contributed by atoms with Crippen LogP contribution in [0.15, 0.2) is 52.6 Å². The summed E-state index contributed by atoms with van der Waals surface area (Å²) in [6.07, 6.45) is 5.73. The molecular formula is C29H28ClFN4O4S. The van der Waals surface area contributed by atoms with E-state index in [4.69, 9.17) is 21.1 Å². The van der Waals surface area contributed by atoms with Gasteiger partial charge in [-0.25, -0.2) is 14.8 Å². The number of aryl methyl sites for hydroxylation is 1. The number of hydrogen-bond acceptors (Lipinski definition) is 7. The number of amides is 1. The summed E-state index contributed by atoms with van der Waals surface area (Å²) in [5, 5.41) is 4.95. The highest BCUT2D eigenvalue weighted by Crippen LogP contribution is 2.35. The maximum Gasteiger partial charge on any atom is 0.263 e. The van der Waals surface area contributed by atoms with E-state index >= 15 is 0 Å². The zero-order valence-corrected chi connectivity index (χ0v) is 23.8. The van der Waals surface area contributed by atoms with E-state index in [1.54, 1.807) is 42.5 Å². The zero-order chi connectivity index (χ0) is 28.4. The van der Waals surface area contributed by atoms with Crippen LogP contribution < -0.4 is 20.5 Å². The van der Waals surface area contributed by atoms with Gasteiger partial charge in [0.05, 0.1) is 30.1 Å². The molecule has 2 atom stereocenters. The molecule has 0 aliphatic heterocycles. The summed E-state index contributed by atoms with van der Waals surface area (Å²) >= 11 is 7.65. The molecule has 2 aromatic carbocycles. The summed E-state index contributed by atoms with van der Waals surface area (Å²) in [6.45, 7) is 3.78. The van der Waals surface area contributed by atoms with Gasteiger partial charge in [0.25, 0.3) is 11.5 Å². The van der Waals surface area contributed by atoms with Gasteiger partial charge in [-0.3, -0.25) is 14.2 Å². The molecule has 0 fully saturated rings. The molecular weight excluding hydrogens is 555 g/mol. The van der Waals surface area contributed by atoms with Gasteiger partial charge in [0.15, 0.2) is 11.5 Å². The number of hydrogen-bond donors (Lipinski definition) is 1. The number of nitrogens with zero attached hydrogens (tertiary/aromatic N) is 3. The second kappa shape index (κ2) is 11.8. The van der Waals surface area contributed by atoms with E-state index in [2.05, 4.69) is 22.4 Å². The highest BCUT2D eigenvalue weighted by Gasteiger charge is 2.25. The van der Waals surface area contributed by atoms with Crippen molar-refractivity contribution in [3.05, 3.63) is 85.5 Å². The van der Waals surface area contributed by atoms with Crippen molar-refractivity contribution in [3.8, 4) is 11.5 Å². The highest BCUT2D eigenvalue weighted by atomic mass is 35.5. The second-order valence-corrected chi connectivity index (χ2v) is 11.3. The lowest BCUT2D eigenvalue weighted by atomic mass is 9.89. The number of thiophene rings is 1. The molecule has 2 aromatic heterocycles. The van der Waals surface area contributed by atoms with Crippen LogP contribution in [0.25, 0.3) is 10.2 Å². The zero-order valence-electron chi connectivity index (χ0n) is 22.2. The third kappa shape index (κ3) is 5.59. The summed E-state index contributed by atoms with van der Waals surface area (Å²) < 4.78 is 26.5. The Bertz CT molecular complexity index is 1650. The molecule has 0 spiro atoms. The van der Waals surface area contributed by atoms with Crippen molar-refractivity contribution >= 4 is 45.3 Å². The first-order valence-corrected chi connectivity index (χ1v) is 14.0. The predicted octanol–water partition coefficient (Wildman–Crippen LogP) is 5.67. The lowest BCUT2D eigenvalue weighted by Gasteiger charge is -2.18. The van der Waals surface area contributed by atoms with Crippen molar-refractivity contribution in [2.45, 2.75) is 45.8 Å². The minimum absolute atomic E-state index is 0.0728. The summed E-state index contributed by atoms with van der Waals surface area (Å²) in [4.78, 5) is 32.6. The molecule has 208 valence electrons. The minimum Gasteiger partial charge on any atom is -0.493 e. The third-order valence-corrected chi connectivity index (χ3v) is 8.56. The van der Waals surface area contributed by atoms with Crippen molar-refractivity contribution in [2.75, 3.05) is 7.11 Å². The standard InChI is InChI=1S/C29H28ClFN4O4S/c1-16-7-9-19-25(11-16)40-28-26(19)29(37)35(15-32-28)17(2)27(36)34-33-13-18-8-10-23(24(12-18)38-3)39-14-20-21(30)5-4-6-22(20)31/h4-6,8,10,12-13,15-17H,7,9,11,14H2,1-3H3,(H,34,36)/b33-13-/t16-,17-/m0/s1. The smallest absolute Gasteiger partial charge is 0.263 e. The van der Waals surface area contributed by atoms with Crippen molar-refractivity contribution in [2.24, 2.45) is 11.0 Å². The maximum absolute atomic E-state index is 14.1. The number of nitrogens with one attached hydrogen (secondary N) is 1. The first-order chi connectivity index (χ1) is 19.3. The van der Waals surface area contributed by atoms with E-state index < -0.39 is 17.8 Å². The molecule has 0 radical (unpaired) electrons. The number of halogens is 2. The molecule has 1 amide bonds. The van der Waals surface area contributed by atoms with E-state index in [1.165, 1.54) is 41.2 Å². The topological polar surface area (TPSA) is 94.8 Å². The van der Waals surface area contributed by atoms with Crippen molar-refractivity contribution in [3.63, 3.8) is 0 Å². The van der Waals surface area contributed by atoms with Crippen LogP contribution in [0, 0.1) is 11.7 Å². The Morgan fingerprint density at radius 3 is 2.95 bits per heavy atom. The van der Waals surface area contributed by atoms with Crippen LogP contribution >= 0.6 is 22.9 Å². The number of benzene rings is 2. The van der Waals surface area contributed by atoms with Crippen molar-refractivity contribution < 1.29 is 18.7 Å². The number of ether oxygens (including phenoxy) is 2. The normalized spacial score (nSPS) is 15.7.